The zero-order valence-corrected chi connectivity index (χ0v) is 20.4. The van der Waals surface area contributed by atoms with Gasteiger partial charge in [0.2, 0.25) is 5.43 Å². The molecule has 7 heteroatoms. The number of fused-ring (bicyclic) bond motifs is 1. The van der Waals surface area contributed by atoms with E-state index in [1.165, 1.54) is 17.5 Å². The number of nitrogens with zero attached hydrogens (tertiary/aromatic N) is 2. The Balaban J connectivity index is 1.39. The monoisotopic (exact) mass is 477 g/mol. The van der Waals surface area contributed by atoms with Crippen LogP contribution in [-0.2, 0) is 6.54 Å². The summed E-state index contributed by atoms with van der Waals surface area (Å²) < 4.78 is 3.07. The zero-order valence-electron chi connectivity index (χ0n) is 19.6. The number of hydrogen-bond donors (Lipinski definition) is 1. The molecule has 0 saturated heterocycles. The van der Waals surface area contributed by atoms with Crippen LogP contribution in [0.2, 0.25) is 0 Å². The third kappa shape index (κ3) is 4.94. The molecule has 2 saturated carbocycles. The topological polar surface area (TPSA) is 71.4 Å². The van der Waals surface area contributed by atoms with Gasteiger partial charge in [0.1, 0.15) is 11.1 Å². The fraction of sp³-hybridized carbons (Fsp3) is 0.444. The lowest BCUT2D eigenvalue weighted by Crippen LogP contribution is -2.39. The Bertz CT molecular complexity index is 1230. The average molecular weight is 478 g/mol. The van der Waals surface area contributed by atoms with Gasteiger partial charge in [0, 0.05) is 41.1 Å². The molecule has 178 valence electrons. The second-order valence-electron chi connectivity index (χ2n) is 9.67. The molecule has 0 unspecified atom stereocenters. The molecular weight excluding hydrogens is 446 g/mol. The predicted molar refractivity (Wildman–Crippen MR) is 136 cm³/mol. The minimum atomic E-state index is -0.476. The van der Waals surface area contributed by atoms with E-state index in [0.717, 1.165) is 48.8 Å². The van der Waals surface area contributed by atoms with Crippen LogP contribution < -0.4 is 10.7 Å². The van der Waals surface area contributed by atoms with E-state index in [2.05, 4.69) is 23.5 Å². The number of nitrogens with one attached hydrogen (secondary N) is 1. The summed E-state index contributed by atoms with van der Waals surface area (Å²) in [6.45, 7) is 0.416. The number of pyridine rings is 1. The van der Waals surface area contributed by atoms with E-state index in [1.54, 1.807) is 35.7 Å². The van der Waals surface area contributed by atoms with Crippen LogP contribution >= 0.6 is 11.3 Å². The van der Waals surface area contributed by atoms with Crippen LogP contribution in [0, 0.1) is 0 Å². The number of carbonyl (C=O) groups is 2. The summed E-state index contributed by atoms with van der Waals surface area (Å²) in [6.07, 6.45) is 11.7. The van der Waals surface area contributed by atoms with Crippen molar-refractivity contribution in [2.75, 3.05) is 7.05 Å². The van der Waals surface area contributed by atoms with Crippen molar-refractivity contribution in [2.45, 2.75) is 70.0 Å². The van der Waals surface area contributed by atoms with Crippen LogP contribution in [0.15, 0.2) is 47.5 Å². The molecule has 6 nitrogen and oxygen atoms in total. The molecular formula is C27H31N3O3S. The smallest absolute Gasteiger partial charge is 0.259 e. The normalized spacial score (nSPS) is 16.9. The van der Waals surface area contributed by atoms with E-state index in [9.17, 15) is 14.4 Å². The molecule has 2 aromatic heterocycles. The maximum Gasteiger partial charge on any atom is 0.259 e. The van der Waals surface area contributed by atoms with Crippen LogP contribution in [0.25, 0.3) is 10.1 Å². The lowest BCUT2D eigenvalue weighted by atomic mass is 10.1. The van der Waals surface area contributed by atoms with E-state index in [-0.39, 0.29) is 35.0 Å². The second kappa shape index (κ2) is 9.74. The first kappa shape index (κ1) is 22.8. The molecule has 2 amide bonds. The highest BCUT2D eigenvalue weighted by atomic mass is 32.1. The van der Waals surface area contributed by atoms with Gasteiger partial charge in [0.05, 0.1) is 6.54 Å². The number of aromatic nitrogens is 1. The molecule has 1 aromatic carbocycles. The van der Waals surface area contributed by atoms with E-state index >= 15 is 0 Å². The van der Waals surface area contributed by atoms with Gasteiger partial charge in [-0.3, -0.25) is 14.4 Å². The van der Waals surface area contributed by atoms with Crippen molar-refractivity contribution in [3.8, 4) is 0 Å². The number of rotatable bonds is 6. The Hall–Kier alpha value is -2.93. The van der Waals surface area contributed by atoms with Crippen molar-refractivity contribution in [1.82, 2.24) is 14.8 Å². The molecule has 2 heterocycles. The fourth-order valence-corrected chi connectivity index (χ4v) is 5.93. The van der Waals surface area contributed by atoms with Gasteiger partial charge in [-0.25, -0.2) is 0 Å². The molecule has 2 aliphatic carbocycles. The SMILES string of the molecule is CN(Cc1cc2ccccc2s1)C(=O)c1cn(C2CC2)cc(C(=O)NC2CCCCCC2)c1=O. The molecule has 0 bridgehead atoms. The quantitative estimate of drug-likeness (QED) is 0.501. The number of hydrogen-bond acceptors (Lipinski definition) is 4. The van der Waals surface area contributed by atoms with Gasteiger partial charge in [-0.2, -0.15) is 0 Å². The van der Waals surface area contributed by atoms with Gasteiger partial charge < -0.3 is 14.8 Å². The Kier molecular flexibility index (Phi) is 6.55. The summed E-state index contributed by atoms with van der Waals surface area (Å²) in [7, 11) is 1.71. The molecule has 34 heavy (non-hydrogen) atoms. The molecule has 3 aromatic rings. The molecule has 1 N–H and O–H groups in total. The fourth-order valence-electron chi connectivity index (χ4n) is 4.81. The van der Waals surface area contributed by atoms with E-state index in [4.69, 9.17) is 0 Å². The summed E-state index contributed by atoms with van der Waals surface area (Å²) in [5.74, 6) is -0.700. The van der Waals surface area contributed by atoms with Crippen molar-refractivity contribution in [1.29, 1.82) is 0 Å². The molecule has 0 atom stereocenters. The van der Waals surface area contributed by atoms with Crippen molar-refractivity contribution in [2.24, 2.45) is 0 Å². The highest BCUT2D eigenvalue weighted by Gasteiger charge is 2.28. The number of amides is 2. The van der Waals surface area contributed by atoms with Crippen LogP contribution in [0.1, 0.15) is 83.0 Å². The third-order valence-electron chi connectivity index (χ3n) is 6.90. The van der Waals surface area contributed by atoms with E-state index < -0.39 is 5.43 Å². The average Bonchev–Trinajstić information content (AvgIpc) is 3.63. The minimum absolute atomic E-state index is 0.0732. The molecule has 0 radical (unpaired) electrons. The Morgan fingerprint density at radius 3 is 2.44 bits per heavy atom. The first-order chi connectivity index (χ1) is 16.5. The first-order valence-corrected chi connectivity index (χ1v) is 13.1. The van der Waals surface area contributed by atoms with E-state index in [1.807, 2.05) is 16.7 Å². The second-order valence-corrected chi connectivity index (χ2v) is 10.8. The van der Waals surface area contributed by atoms with Crippen LogP contribution in [0.4, 0.5) is 0 Å². The van der Waals surface area contributed by atoms with Crippen molar-refractivity contribution in [3.05, 3.63) is 69.0 Å². The summed E-state index contributed by atoms with van der Waals surface area (Å²) in [5.41, 5.74) is -0.322. The summed E-state index contributed by atoms with van der Waals surface area (Å²) in [5, 5.41) is 4.23. The van der Waals surface area contributed by atoms with Crippen LogP contribution in [0.5, 0.6) is 0 Å². The molecule has 5 rings (SSSR count). The molecule has 0 spiro atoms. The third-order valence-corrected chi connectivity index (χ3v) is 8.00. The Morgan fingerprint density at radius 1 is 1.03 bits per heavy atom. The van der Waals surface area contributed by atoms with Gasteiger partial charge in [0.15, 0.2) is 0 Å². The number of benzene rings is 1. The van der Waals surface area contributed by atoms with E-state index in [0.29, 0.717) is 6.54 Å². The lowest BCUT2D eigenvalue weighted by Gasteiger charge is -2.19. The van der Waals surface area contributed by atoms with Crippen LogP contribution in [0.3, 0.4) is 0 Å². The first-order valence-electron chi connectivity index (χ1n) is 12.3. The number of carbonyl (C=O) groups excluding carboxylic acids is 2. The standard InChI is InChI=1S/C27H31N3O3S/c1-29(15-21-14-18-8-6-7-11-24(18)34-21)27(33)23-17-30(20-12-13-20)16-22(25(23)31)26(32)28-19-9-4-2-3-5-10-19/h6-8,11,14,16-17,19-20H,2-5,9-10,12-13,15H2,1H3,(H,28,32). The molecule has 2 aliphatic rings. The van der Waals surface area contributed by atoms with Gasteiger partial charge in [-0.1, -0.05) is 43.9 Å². The largest absolute Gasteiger partial charge is 0.349 e. The highest BCUT2D eigenvalue weighted by Crippen LogP contribution is 2.35. The van der Waals surface area contributed by atoms with Gasteiger partial charge in [0.25, 0.3) is 11.8 Å². The lowest BCUT2D eigenvalue weighted by molar-refractivity contribution is 0.0784. The summed E-state index contributed by atoms with van der Waals surface area (Å²) in [4.78, 5) is 42.5. The van der Waals surface area contributed by atoms with Gasteiger partial charge >= 0.3 is 0 Å². The van der Waals surface area contributed by atoms with Crippen molar-refractivity contribution < 1.29 is 9.59 Å². The Morgan fingerprint density at radius 2 is 1.74 bits per heavy atom. The maximum atomic E-state index is 13.4. The molecule has 2 fully saturated rings. The van der Waals surface area contributed by atoms with Crippen molar-refractivity contribution >= 4 is 33.2 Å². The van der Waals surface area contributed by atoms with Crippen LogP contribution in [-0.4, -0.2) is 34.4 Å². The zero-order chi connectivity index (χ0) is 23.7. The summed E-state index contributed by atoms with van der Waals surface area (Å²) >= 11 is 1.65. The summed E-state index contributed by atoms with van der Waals surface area (Å²) in [6, 6.07) is 10.6. The number of thiophene rings is 1. The Labute approximate surface area is 203 Å². The maximum absolute atomic E-state index is 13.4. The van der Waals surface area contributed by atoms with Gasteiger partial charge in [-0.15, -0.1) is 11.3 Å². The van der Waals surface area contributed by atoms with Gasteiger partial charge in [-0.05, 0) is 43.2 Å². The predicted octanol–water partition coefficient (Wildman–Crippen LogP) is 5.12. The highest BCUT2D eigenvalue weighted by molar-refractivity contribution is 7.19. The minimum Gasteiger partial charge on any atom is -0.349 e. The molecule has 0 aliphatic heterocycles. The van der Waals surface area contributed by atoms with Crippen molar-refractivity contribution in [3.63, 3.8) is 0 Å².